The smallest absolute Gasteiger partial charge is 0.310 e. The molecule has 5 heteroatoms. The Kier molecular flexibility index (Phi) is 5.75. The van der Waals surface area contributed by atoms with Crippen LogP contribution >= 0.6 is 0 Å². The summed E-state index contributed by atoms with van der Waals surface area (Å²) in [4.78, 5) is 25.3. The van der Waals surface area contributed by atoms with Crippen LogP contribution in [0.1, 0.15) is 12.0 Å². The Morgan fingerprint density at radius 1 is 1.33 bits per heavy atom. The fourth-order valence-electron chi connectivity index (χ4n) is 2.59. The van der Waals surface area contributed by atoms with Gasteiger partial charge in [-0.25, -0.2) is 0 Å². The molecule has 1 aromatic rings. The molecule has 1 saturated heterocycles. The Hall–Kier alpha value is -1.88. The van der Waals surface area contributed by atoms with Crippen molar-refractivity contribution >= 4 is 11.9 Å². The van der Waals surface area contributed by atoms with E-state index in [0.717, 1.165) is 19.4 Å². The molecule has 1 unspecified atom stereocenters. The molecule has 21 heavy (non-hydrogen) atoms. The van der Waals surface area contributed by atoms with E-state index >= 15 is 0 Å². The van der Waals surface area contributed by atoms with Crippen molar-refractivity contribution in [3.63, 3.8) is 0 Å². The van der Waals surface area contributed by atoms with E-state index in [9.17, 15) is 9.59 Å². The summed E-state index contributed by atoms with van der Waals surface area (Å²) in [6.45, 7) is 2.37. The van der Waals surface area contributed by atoms with Crippen molar-refractivity contribution in [3.8, 4) is 0 Å². The van der Waals surface area contributed by atoms with Crippen LogP contribution in [0, 0.1) is 5.92 Å². The number of esters is 1. The molecular weight excluding hydrogens is 268 g/mol. The number of rotatable bonds is 6. The van der Waals surface area contributed by atoms with Gasteiger partial charge in [0.2, 0.25) is 5.91 Å². The van der Waals surface area contributed by atoms with Crippen molar-refractivity contribution in [2.45, 2.75) is 12.8 Å². The number of methoxy groups -OCH3 is 1. The monoisotopic (exact) mass is 290 g/mol. The van der Waals surface area contributed by atoms with E-state index in [2.05, 4.69) is 5.32 Å². The Morgan fingerprint density at radius 3 is 2.81 bits per heavy atom. The van der Waals surface area contributed by atoms with Gasteiger partial charge < -0.3 is 10.1 Å². The van der Waals surface area contributed by atoms with Gasteiger partial charge in [0.25, 0.3) is 0 Å². The van der Waals surface area contributed by atoms with Crippen LogP contribution in [0.3, 0.4) is 0 Å². The van der Waals surface area contributed by atoms with Crippen LogP contribution in [0.25, 0.3) is 0 Å². The van der Waals surface area contributed by atoms with Crippen molar-refractivity contribution < 1.29 is 14.3 Å². The third kappa shape index (κ3) is 4.86. The minimum atomic E-state index is -0.179. The highest BCUT2D eigenvalue weighted by atomic mass is 16.5. The maximum absolute atomic E-state index is 11.9. The number of ether oxygens (including phenoxy) is 1. The molecule has 0 bridgehead atoms. The standard InChI is InChI=1S/C16H22N2O3/c1-21-16(20)14-8-10-18(11-14)12-15(19)17-9-7-13-5-3-2-4-6-13/h2-6,14H,7-12H2,1H3,(H,17,19). The second-order valence-corrected chi connectivity index (χ2v) is 5.33. The molecule has 1 aliphatic heterocycles. The van der Waals surface area contributed by atoms with Crippen molar-refractivity contribution in [3.05, 3.63) is 35.9 Å². The van der Waals surface area contributed by atoms with E-state index < -0.39 is 0 Å². The van der Waals surface area contributed by atoms with Gasteiger partial charge in [-0.3, -0.25) is 14.5 Å². The van der Waals surface area contributed by atoms with Crippen LogP contribution in [0.4, 0.5) is 0 Å². The summed E-state index contributed by atoms with van der Waals surface area (Å²) in [7, 11) is 1.40. The highest BCUT2D eigenvalue weighted by molar-refractivity contribution is 5.78. The van der Waals surface area contributed by atoms with Crippen molar-refractivity contribution in [1.29, 1.82) is 0 Å². The first-order valence-electron chi connectivity index (χ1n) is 7.30. The lowest BCUT2D eigenvalue weighted by molar-refractivity contribution is -0.145. The van der Waals surface area contributed by atoms with Gasteiger partial charge in [-0.05, 0) is 24.9 Å². The fourth-order valence-corrected chi connectivity index (χ4v) is 2.59. The summed E-state index contributed by atoms with van der Waals surface area (Å²) in [6, 6.07) is 10.1. The second kappa shape index (κ2) is 7.78. The molecule has 1 fully saturated rings. The summed E-state index contributed by atoms with van der Waals surface area (Å²) >= 11 is 0. The second-order valence-electron chi connectivity index (χ2n) is 5.33. The lowest BCUT2D eigenvalue weighted by Crippen LogP contribution is -2.37. The van der Waals surface area contributed by atoms with Crippen LogP contribution in [0.15, 0.2) is 30.3 Å². The number of nitrogens with one attached hydrogen (secondary N) is 1. The lowest BCUT2D eigenvalue weighted by atomic mass is 10.1. The summed E-state index contributed by atoms with van der Waals surface area (Å²) in [6.07, 6.45) is 1.60. The van der Waals surface area contributed by atoms with Gasteiger partial charge in [0.15, 0.2) is 0 Å². The first-order valence-corrected chi connectivity index (χ1v) is 7.30. The quantitative estimate of drug-likeness (QED) is 0.789. The fraction of sp³-hybridized carbons (Fsp3) is 0.500. The minimum Gasteiger partial charge on any atom is -0.469 e. The highest BCUT2D eigenvalue weighted by Gasteiger charge is 2.29. The molecule has 0 aliphatic carbocycles. The largest absolute Gasteiger partial charge is 0.469 e. The van der Waals surface area contributed by atoms with E-state index in [4.69, 9.17) is 4.74 Å². The van der Waals surface area contributed by atoms with E-state index in [1.165, 1.54) is 12.7 Å². The molecule has 1 atom stereocenters. The molecule has 1 amide bonds. The molecule has 1 aliphatic rings. The first kappa shape index (κ1) is 15.5. The molecule has 0 aromatic heterocycles. The molecule has 114 valence electrons. The highest BCUT2D eigenvalue weighted by Crippen LogP contribution is 2.16. The number of hydrogen-bond acceptors (Lipinski definition) is 4. The molecule has 5 nitrogen and oxygen atoms in total. The van der Waals surface area contributed by atoms with E-state index in [1.54, 1.807) is 0 Å². The zero-order chi connectivity index (χ0) is 15.1. The van der Waals surface area contributed by atoms with E-state index in [-0.39, 0.29) is 17.8 Å². The third-order valence-corrected chi connectivity index (χ3v) is 3.75. The Labute approximate surface area is 125 Å². The number of likely N-dealkylation sites (tertiary alicyclic amines) is 1. The molecule has 0 saturated carbocycles. The Balaban J connectivity index is 1.65. The van der Waals surface area contributed by atoms with Crippen LogP contribution < -0.4 is 5.32 Å². The van der Waals surface area contributed by atoms with Crippen LogP contribution in [-0.2, 0) is 20.7 Å². The molecule has 0 radical (unpaired) electrons. The normalized spacial score (nSPS) is 18.4. The van der Waals surface area contributed by atoms with Gasteiger partial charge in [-0.2, -0.15) is 0 Å². The zero-order valence-electron chi connectivity index (χ0n) is 12.4. The summed E-state index contributed by atoms with van der Waals surface area (Å²) in [5.74, 6) is -0.259. The summed E-state index contributed by atoms with van der Waals surface area (Å²) in [5, 5.41) is 2.92. The maximum Gasteiger partial charge on any atom is 0.310 e. The topological polar surface area (TPSA) is 58.6 Å². The average Bonchev–Trinajstić information content (AvgIpc) is 2.96. The summed E-state index contributed by atoms with van der Waals surface area (Å²) < 4.78 is 4.74. The van der Waals surface area contributed by atoms with Gasteiger partial charge in [0.1, 0.15) is 0 Å². The Bertz CT molecular complexity index is 476. The van der Waals surface area contributed by atoms with Crippen LogP contribution in [0.5, 0.6) is 0 Å². The molecule has 1 heterocycles. The van der Waals surface area contributed by atoms with Crippen LogP contribution in [0.2, 0.25) is 0 Å². The number of nitrogens with zero attached hydrogens (tertiary/aromatic N) is 1. The number of carbonyl (C=O) groups excluding carboxylic acids is 2. The van der Waals surface area contributed by atoms with Gasteiger partial charge in [-0.15, -0.1) is 0 Å². The predicted molar refractivity (Wildman–Crippen MR) is 79.7 cm³/mol. The lowest BCUT2D eigenvalue weighted by Gasteiger charge is -2.15. The maximum atomic E-state index is 11.9. The Morgan fingerprint density at radius 2 is 2.10 bits per heavy atom. The van der Waals surface area contributed by atoms with Gasteiger partial charge in [0.05, 0.1) is 19.6 Å². The molecule has 0 spiro atoms. The zero-order valence-corrected chi connectivity index (χ0v) is 12.4. The van der Waals surface area contributed by atoms with Crippen molar-refractivity contribution in [2.75, 3.05) is 33.3 Å². The van der Waals surface area contributed by atoms with E-state index in [1.807, 2.05) is 35.2 Å². The molecule has 2 rings (SSSR count). The van der Waals surface area contributed by atoms with Gasteiger partial charge in [0, 0.05) is 13.1 Å². The minimum absolute atomic E-state index is 0.0106. The van der Waals surface area contributed by atoms with Crippen LogP contribution in [-0.4, -0.2) is 50.1 Å². The summed E-state index contributed by atoms with van der Waals surface area (Å²) in [5.41, 5.74) is 1.21. The average molecular weight is 290 g/mol. The molecule has 1 N–H and O–H groups in total. The number of amides is 1. The SMILES string of the molecule is COC(=O)C1CCN(CC(=O)NCCc2ccccc2)C1. The van der Waals surface area contributed by atoms with Crippen molar-refractivity contribution in [2.24, 2.45) is 5.92 Å². The van der Waals surface area contributed by atoms with Crippen molar-refractivity contribution in [1.82, 2.24) is 10.2 Å². The molecular formula is C16H22N2O3. The number of hydrogen-bond donors (Lipinski definition) is 1. The number of carbonyl (C=O) groups is 2. The van der Waals surface area contributed by atoms with Gasteiger partial charge >= 0.3 is 5.97 Å². The van der Waals surface area contributed by atoms with E-state index in [0.29, 0.717) is 19.6 Å². The predicted octanol–water partition coefficient (Wildman–Crippen LogP) is 0.840. The molecule has 1 aromatic carbocycles. The third-order valence-electron chi connectivity index (χ3n) is 3.75. The van der Waals surface area contributed by atoms with Gasteiger partial charge in [-0.1, -0.05) is 30.3 Å². The number of benzene rings is 1. The first-order chi connectivity index (χ1) is 10.2.